The van der Waals surface area contributed by atoms with Gasteiger partial charge < -0.3 is 9.84 Å². The summed E-state index contributed by atoms with van der Waals surface area (Å²) in [6, 6.07) is 0. The molecular formula is C8H16O2. The van der Waals surface area contributed by atoms with Crippen molar-refractivity contribution < 1.29 is 9.84 Å². The summed E-state index contributed by atoms with van der Waals surface area (Å²) in [5.74, 6) is 0. The van der Waals surface area contributed by atoms with Gasteiger partial charge in [0.2, 0.25) is 0 Å². The van der Waals surface area contributed by atoms with Gasteiger partial charge in [0.15, 0.2) is 0 Å². The monoisotopic (exact) mass is 144 g/mol. The SMILES string of the molecule is C=CCCC(O)CCOC. The molecule has 0 aromatic carbocycles. The minimum Gasteiger partial charge on any atom is -0.393 e. The summed E-state index contributed by atoms with van der Waals surface area (Å²) in [5.41, 5.74) is 0. The summed E-state index contributed by atoms with van der Waals surface area (Å²) in [5, 5.41) is 9.18. The summed E-state index contributed by atoms with van der Waals surface area (Å²) in [4.78, 5) is 0. The average Bonchev–Trinajstić information content (AvgIpc) is 1.97. The van der Waals surface area contributed by atoms with Crippen molar-refractivity contribution >= 4 is 0 Å². The summed E-state index contributed by atoms with van der Waals surface area (Å²) >= 11 is 0. The third-order valence-electron chi connectivity index (χ3n) is 1.36. The molecule has 0 aliphatic rings. The minimum atomic E-state index is -0.224. The molecule has 0 amide bonds. The first kappa shape index (κ1) is 9.66. The zero-order chi connectivity index (χ0) is 7.82. The topological polar surface area (TPSA) is 29.5 Å². The van der Waals surface area contributed by atoms with Crippen molar-refractivity contribution in [2.45, 2.75) is 25.4 Å². The molecule has 0 saturated carbocycles. The van der Waals surface area contributed by atoms with E-state index in [1.54, 1.807) is 7.11 Å². The van der Waals surface area contributed by atoms with Gasteiger partial charge in [0.25, 0.3) is 0 Å². The number of methoxy groups -OCH3 is 1. The Morgan fingerprint density at radius 1 is 1.60 bits per heavy atom. The van der Waals surface area contributed by atoms with Crippen molar-refractivity contribution in [1.29, 1.82) is 0 Å². The molecule has 0 rings (SSSR count). The van der Waals surface area contributed by atoms with Crippen LogP contribution in [0.3, 0.4) is 0 Å². The lowest BCUT2D eigenvalue weighted by Gasteiger charge is -2.06. The van der Waals surface area contributed by atoms with Gasteiger partial charge >= 0.3 is 0 Å². The summed E-state index contributed by atoms with van der Waals surface area (Å²) < 4.78 is 4.81. The normalized spacial score (nSPS) is 13.0. The number of rotatable bonds is 6. The van der Waals surface area contributed by atoms with Gasteiger partial charge in [-0.1, -0.05) is 6.08 Å². The van der Waals surface area contributed by atoms with E-state index < -0.39 is 0 Å². The lowest BCUT2D eigenvalue weighted by molar-refractivity contribution is 0.105. The molecule has 10 heavy (non-hydrogen) atoms. The fourth-order valence-corrected chi connectivity index (χ4v) is 0.708. The van der Waals surface area contributed by atoms with Crippen LogP contribution in [0.2, 0.25) is 0 Å². The molecule has 1 atom stereocenters. The molecule has 2 heteroatoms. The maximum atomic E-state index is 9.18. The fraction of sp³-hybridized carbons (Fsp3) is 0.750. The van der Waals surface area contributed by atoms with E-state index in [4.69, 9.17) is 4.74 Å². The van der Waals surface area contributed by atoms with Crippen molar-refractivity contribution in [3.63, 3.8) is 0 Å². The van der Waals surface area contributed by atoms with Crippen LogP contribution in [0.5, 0.6) is 0 Å². The van der Waals surface area contributed by atoms with Gasteiger partial charge in [0.05, 0.1) is 6.10 Å². The first-order valence-corrected chi connectivity index (χ1v) is 3.59. The van der Waals surface area contributed by atoms with Crippen LogP contribution in [-0.2, 0) is 4.74 Å². The van der Waals surface area contributed by atoms with Gasteiger partial charge in [-0.05, 0) is 19.3 Å². The van der Waals surface area contributed by atoms with E-state index in [2.05, 4.69) is 6.58 Å². The Morgan fingerprint density at radius 3 is 2.80 bits per heavy atom. The number of hydrogen-bond acceptors (Lipinski definition) is 2. The van der Waals surface area contributed by atoms with E-state index in [0.29, 0.717) is 6.61 Å². The second-order valence-corrected chi connectivity index (χ2v) is 2.30. The highest BCUT2D eigenvalue weighted by Crippen LogP contribution is 2.01. The summed E-state index contributed by atoms with van der Waals surface area (Å²) in [6.07, 6.45) is 4.00. The number of aliphatic hydroxyl groups excluding tert-OH is 1. The quantitative estimate of drug-likeness (QED) is 0.570. The fourth-order valence-electron chi connectivity index (χ4n) is 0.708. The molecule has 0 radical (unpaired) electrons. The smallest absolute Gasteiger partial charge is 0.0565 e. The van der Waals surface area contributed by atoms with Gasteiger partial charge in [0.1, 0.15) is 0 Å². The third-order valence-corrected chi connectivity index (χ3v) is 1.36. The van der Waals surface area contributed by atoms with Crippen LogP contribution in [0.15, 0.2) is 12.7 Å². The first-order chi connectivity index (χ1) is 4.81. The van der Waals surface area contributed by atoms with Crippen LogP contribution in [-0.4, -0.2) is 24.9 Å². The molecule has 1 unspecified atom stereocenters. The van der Waals surface area contributed by atoms with Crippen molar-refractivity contribution in [2.24, 2.45) is 0 Å². The van der Waals surface area contributed by atoms with E-state index >= 15 is 0 Å². The second-order valence-electron chi connectivity index (χ2n) is 2.30. The molecule has 0 bridgehead atoms. The van der Waals surface area contributed by atoms with Crippen molar-refractivity contribution in [1.82, 2.24) is 0 Å². The minimum absolute atomic E-state index is 0.224. The van der Waals surface area contributed by atoms with Crippen LogP contribution in [0.1, 0.15) is 19.3 Å². The van der Waals surface area contributed by atoms with Gasteiger partial charge in [-0.15, -0.1) is 6.58 Å². The molecule has 0 heterocycles. The number of allylic oxidation sites excluding steroid dienone is 1. The van der Waals surface area contributed by atoms with Gasteiger partial charge in [-0.3, -0.25) is 0 Å². The van der Waals surface area contributed by atoms with Crippen molar-refractivity contribution in [2.75, 3.05) is 13.7 Å². The molecule has 0 aromatic heterocycles. The Morgan fingerprint density at radius 2 is 2.30 bits per heavy atom. The lowest BCUT2D eigenvalue weighted by atomic mass is 10.1. The van der Waals surface area contributed by atoms with Gasteiger partial charge in [-0.2, -0.15) is 0 Å². The van der Waals surface area contributed by atoms with Gasteiger partial charge in [0, 0.05) is 13.7 Å². The number of hydrogen-bond donors (Lipinski definition) is 1. The van der Waals surface area contributed by atoms with Gasteiger partial charge in [-0.25, -0.2) is 0 Å². The number of aliphatic hydroxyl groups is 1. The Bertz CT molecular complexity index is 81.3. The lowest BCUT2D eigenvalue weighted by Crippen LogP contribution is -2.08. The summed E-state index contributed by atoms with van der Waals surface area (Å²) in [7, 11) is 1.64. The van der Waals surface area contributed by atoms with Crippen molar-refractivity contribution in [3.05, 3.63) is 12.7 Å². The van der Waals surface area contributed by atoms with E-state index in [1.165, 1.54) is 0 Å². The molecule has 60 valence electrons. The van der Waals surface area contributed by atoms with E-state index in [9.17, 15) is 5.11 Å². The molecule has 2 nitrogen and oxygen atoms in total. The zero-order valence-electron chi connectivity index (χ0n) is 6.55. The predicted molar refractivity (Wildman–Crippen MR) is 41.9 cm³/mol. The summed E-state index contributed by atoms with van der Waals surface area (Å²) in [6.45, 7) is 4.21. The van der Waals surface area contributed by atoms with Crippen LogP contribution < -0.4 is 0 Å². The molecular weight excluding hydrogens is 128 g/mol. The predicted octanol–water partition coefficient (Wildman–Crippen LogP) is 1.35. The number of ether oxygens (including phenoxy) is 1. The molecule has 0 spiro atoms. The highest BCUT2D eigenvalue weighted by molar-refractivity contribution is 4.68. The highest BCUT2D eigenvalue weighted by atomic mass is 16.5. The molecule has 0 aliphatic carbocycles. The van der Waals surface area contributed by atoms with Crippen molar-refractivity contribution in [3.8, 4) is 0 Å². The standard InChI is InChI=1S/C8H16O2/c1-3-4-5-8(9)6-7-10-2/h3,8-9H,1,4-7H2,2H3. The molecule has 0 fully saturated rings. The molecule has 0 aromatic rings. The maximum Gasteiger partial charge on any atom is 0.0565 e. The molecule has 1 N–H and O–H groups in total. The van der Waals surface area contributed by atoms with Crippen LogP contribution in [0, 0.1) is 0 Å². The Balaban J connectivity index is 3.07. The van der Waals surface area contributed by atoms with E-state index in [0.717, 1.165) is 19.3 Å². The third kappa shape index (κ3) is 5.79. The first-order valence-electron chi connectivity index (χ1n) is 3.59. The highest BCUT2D eigenvalue weighted by Gasteiger charge is 2.00. The van der Waals surface area contributed by atoms with E-state index in [-0.39, 0.29) is 6.10 Å². The van der Waals surface area contributed by atoms with Crippen LogP contribution >= 0.6 is 0 Å². The second kappa shape index (κ2) is 6.78. The maximum absolute atomic E-state index is 9.18. The Kier molecular flexibility index (Phi) is 6.55. The zero-order valence-corrected chi connectivity index (χ0v) is 6.55. The average molecular weight is 144 g/mol. The van der Waals surface area contributed by atoms with E-state index in [1.807, 2.05) is 6.08 Å². The van der Waals surface area contributed by atoms with Crippen LogP contribution in [0.25, 0.3) is 0 Å². The Labute approximate surface area is 62.5 Å². The molecule has 0 saturated heterocycles. The Hall–Kier alpha value is -0.340. The molecule has 0 aliphatic heterocycles. The largest absolute Gasteiger partial charge is 0.393 e. The van der Waals surface area contributed by atoms with Crippen LogP contribution in [0.4, 0.5) is 0 Å².